The van der Waals surface area contributed by atoms with Crippen LogP contribution in [0.5, 0.6) is 0 Å². The molecule has 0 saturated carbocycles. The van der Waals surface area contributed by atoms with Crippen molar-refractivity contribution in [3.05, 3.63) is 95.2 Å². The Labute approximate surface area is 152 Å². The molecule has 1 amide bonds. The summed E-state index contributed by atoms with van der Waals surface area (Å²) in [6.07, 6.45) is 11.6. The first-order valence-corrected chi connectivity index (χ1v) is 8.52. The summed E-state index contributed by atoms with van der Waals surface area (Å²) in [5.74, 6) is -0.0874. The summed E-state index contributed by atoms with van der Waals surface area (Å²) in [7, 11) is 0. The lowest BCUT2D eigenvalue weighted by atomic mass is 9.99. The lowest BCUT2D eigenvalue weighted by Gasteiger charge is -2.11. The Morgan fingerprint density at radius 3 is 2.58 bits per heavy atom. The van der Waals surface area contributed by atoms with Crippen molar-refractivity contribution in [2.75, 3.05) is 5.32 Å². The molecule has 2 aliphatic rings. The quantitative estimate of drug-likeness (QED) is 0.747. The highest BCUT2D eigenvalue weighted by atomic mass is 16.2. The Kier molecular flexibility index (Phi) is 4.25. The van der Waals surface area contributed by atoms with Gasteiger partial charge in [-0.25, -0.2) is 0 Å². The molecule has 4 rings (SSSR count). The maximum Gasteiger partial charge on any atom is 0.256 e. The van der Waals surface area contributed by atoms with Crippen LogP contribution in [-0.4, -0.2) is 5.91 Å². The molecule has 0 bridgehead atoms. The lowest BCUT2D eigenvalue weighted by molar-refractivity contribution is -0.110. The molecule has 4 N–H and O–H groups in total. The topological polar surface area (TPSA) is 67.2 Å². The Balaban J connectivity index is 1.76. The number of anilines is 1. The number of carbonyl (C=O) groups excluding carboxylic acids is 1. The summed E-state index contributed by atoms with van der Waals surface area (Å²) in [6.45, 7) is 0.508. The first-order chi connectivity index (χ1) is 12.8. The van der Waals surface area contributed by atoms with Gasteiger partial charge in [-0.2, -0.15) is 0 Å². The number of amides is 1. The molecule has 4 heteroatoms. The van der Waals surface area contributed by atoms with E-state index in [0.29, 0.717) is 12.1 Å². The molecule has 2 aliphatic heterocycles. The number of fused-ring (bicyclic) bond motifs is 1. The molecular formula is C22H19N3O. The van der Waals surface area contributed by atoms with Crippen molar-refractivity contribution in [2.24, 2.45) is 5.73 Å². The van der Waals surface area contributed by atoms with Gasteiger partial charge >= 0.3 is 0 Å². The number of rotatable bonds is 3. The third-order valence-electron chi connectivity index (χ3n) is 4.47. The van der Waals surface area contributed by atoms with Gasteiger partial charge in [0.2, 0.25) is 0 Å². The van der Waals surface area contributed by atoms with Gasteiger partial charge in [-0.05, 0) is 29.4 Å². The van der Waals surface area contributed by atoms with E-state index in [1.807, 2.05) is 79.0 Å². The summed E-state index contributed by atoms with van der Waals surface area (Å²) in [5, 5.41) is 6.28. The highest BCUT2D eigenvalue weighted by Crippen LogP contribution is 2.38. The molecule has 2 heterocycles. The number of allylic oxidation sites excluding steroid dienone is 4. The van der Waals surface area contributed by atoms with Crippen LogP contribution in [-0.2, 0) is 11.3 Å². The Morgan fingerprint density at radius 1 is 0.962 bits per heavy atom. The third-order valence-corrected chi connectivity index (χ3v) is 4.47. The zero-order valence-electron chi connectivity index (χ0n) is 14.2. The van der Waals surface area contributed by atoms with Crippen molar-refractivity contribution in [2.45, 2.75) is 6.54 Å². The van der Waals surface area contributed by atoms with Gasteiger partial charge in [0, 0.05) is 35.1 Å². The molecule has 4 nitrogen and oxygen atoms in total. The molecule has 0 aromatic heterocycles. The summed E-state index contributed by atoms with van der Waals surface area (Å²) < 4.78 is 0. The second-order valence-corrected chi connectivity index (χ2v) is 6.15. The molecule has 2 aromatic rings. The summed E-state index contributed by atoms with van der Waals surface area (Å²) >= 11 is 0. The predicted octanol–water partition coefficient (Wildman–Crippen LogP) is 3.65. The molecule has 128 valence electrons. The van der Waals surface area contributed by atoms with Crippen molar-refractivity contribution in [3.8, 4) is 0 Å². The zero-order chi connectivity index (χ0) is 17.9. The summed E-state index contributed by atoms with van der Waals surface area (Å²) in [4.78, 5) is 12.6. The van der Waals surface area contributed by atoms with E-state index in [0.717, 1.165) is 33.6 Å². The number of benzene rings is 2. The molecule has 0 atom stereocenters. The first-order valence-electron chi connectivity index (χ1n) is 8.52. The molecule has 0 unspecified atom stereocenters. The number of nitrogens with one attached hydrogen (secondary N) is 2. The fourth-order valence-corrected chi connectivity index (χ4v) is 3.12. The van der Waals surface area contributed by atoms with E-state index in [1.54, 1.807) is 0 Å². The lowest BCUT2D eigenvalue weighted by Crippen LogP contribution is -2.08. The van der Waals surface area contributed by atoms with Crippen LogP contribution < -0.4 is 16.4 Å². The second-order valence-electron chi connectivity index (χ2n) is 6.15. The number of carbonyl (C=O) groups is 1. The van der Waals surface area contributed by atoms with Gasteiger partial charge in [0.1, 0.15) is 0 Å². The maximum absolute atomic E-state index is 12.6. The Bertz CT molecular complexity index is 979. The highest BCUT2D eigenvalue weighted by Gasteiger charge is 2.27. The van der Waals surface area contributed by atoms with Crippen LogP contribution in [0.1, 0.15) is 22.3 Å². The van der Waals surface area contributed by atoms with Crippen molar-refractivity contribution in [1.29, 1.82) is 0 Å². The van der Waals surface area contributed by atoms with E-state index in [1.165, 1.54) is 0 Å². The van der Waals surface area contributed by atoms with E-state index >= 15 is 0 Å². The number of hydrogen-bond acceptors (Lipinski definition) is 3. The van der Waals surface area contributed by atoms with Gasteiger partial charge < -0.3 is 16.4 Å². The largest absolute Gasteiger partial charge is 0.361 e. The predicted molar refractivity (Wildman–Crippen MR) is 107 cm³/mol. The Hall–Kier alpha value is -3.37. The van der Waals surface area contributed by atoms with Crippen molar-refractivity contribution in [1.82, 2.24) is 5.32 Å². The second kappa shape index (κ2) is 6.86. The minimum Gasteiger partial charge on any atom is -0.361 e. The van der Waals surface area contributed by atoms with Gasteiger partial charge in [0.05, 0.1) is 5.69 Å². The molecule has 2 aromatic carbocycles. The van der Waals surface area contributed by atoms with E-state index in [2.05, 4.69) is 10.6 Å². The monoisotopic (exact) mass is 341 g/mol. The highest BCUT2D eigenvalue weighted by molar-refractivity contribution is 6.35. The number of para-hydroxylation sites is 1. The molecule has 26 heavy (non-hydrogen) atoms. The first kappa shape index (κ1) is 16.1. The van der Waals surface area contributed by atoms with Crippen molar-refractivity contribution >= 4 is 28.9 Å². The molecule has 0 fully saturated rings. The van der Waals surface area contributed by atoms with Crippen LogP contribution in [0.15, 0.2) is 73.0 Å². The molecular weight excluding hydrogens is 322 g/mol. The molecule has 0 aliphatic carbocycles. The SMILES string of the molecule is NCc1ccc(C=C2C(=O)Nc3c(C4=CC=CC=CN4)cccc32)cc1. The van der Waals surface area contributed by atoms with E-state index in [-0.39, 0.29) is 5.91 Å². The van der Waals surface area contributed by atoms with Crippen LogP contribution in [0, 0.1) is 0 Å². The van der Waals surface area contributed by atoms with Crippen LogP contribution in [0.3, 0.4) is 0 Å². The Morgan fingerprint density at radius 2 is 1.77 bits per heavy atom. The van der Waals surface area contributed by atoms with Crippen LogP contribution in [0.25, 0.3) is 17.3 Å². The maximum atomic E-state index is 12.6. The minimum atomic E-state index is -0.0874. The van der Waals surface area contributed by atoms with Crippen molar-refractivity contribution < 1.29 is 4.79 Å². The van der Waals surface area contributed by atoms with E-state index < -0.39 is 0 Å². The van der Waals surface area contributed by atoms with Gasteiger partial charge in [-0.1, -0.05) is 54.6 Å². The summed E-state index contributed by atoms with van der Waals surface area (Å²) in [6, 6.07) is 13.9. The minimum absolute atomic E-state index is 0.0874. The zero-order valence-corrected chi connectivity index (χ0v) is 14.2. The van der Waals surface area contributed by atoms with Gasteiger partial charge in [-0.3, -0.25) is 4.79 Å². The van der Waals surface area contributed by atoms with Gasteiger partial charge in [0.25, 0.3) is 5.91 Å². The summed E-state index contributed by atoms with van der Waals surface area (Å²) in [5.41, 5.74) is 12.0. The number of nitrogens with two attached hydrogens (primary N) is 1. The third kappa shape index (κ3) is 2.98. The standard InChI is InChI=1S/C22H19N3O/c23-14-16-10-8-15(9-11-16)13-19-17-5-4-6-18(21(17)25-22(19)26)20-7-2-1-3-12-24-20/h1-13,24H,14,23H2,(H,25,26). The fraction of sp³-hybridized carbons (Fsp3) is 0.0455. The van der Waals surface area contributed by atoms with Gasteiger partial charge in [-0.15, -0.1) is 0 Å². The van der Waals surface area contributed by atoms with Crippen LogP contribution in [0.4, 0.5) is 5.69 Å². The smallest absolute Gasteiger partial charge is 0.256 e. The van der Waals surface area contributed by atoms with E-state index in [9.17, 15) is 4.79 Å². The fourth-order valence-electron chi connectivity index (χ4n) is 3.12. The van der Waals surface area contributed by atoms with Crippen LogP contribution >= 0.6 is 0 Å². The molecule has 0 saturated heterocycles. The van der Waals surface area contributed by atoms with Crippen LogP contribution in [0.2, 0.25) is 0 Å². The molecule has 0 spiro atoms. The average Bonchev–Trinajstić information content (AvgIpc) is 2.85. The van der Waals surface area contributed by atoms with Gasteiger partial charge in [0.15, 0.2) is 0 Å². The number of hydrogen-bond donors (Lipinski definition) is 3. The van der Waals surface area contributed by atoms with E-state index in [4.69, 9.17) is 5.73 Å². The normalized spacial score (nSPS) is 16.7. The molecule has 0 radical (unpaired) electrons. The van der Waals surface area contributed by atoms with Crippen molar-refractivity contribution in [3.63, 3.8) is 0 Å². The average molecular weight is 341 g/mol.